The van der Waals surface area contributed by atoms with Crippen LogP contribution in [0.3, 0.4) is 0 Å². The minimum Gasteiger partial charge on any atom is -0.497 e. The van der Waals surface area contributed by atoms with Crippen molar-refractivity contribution in [3.05, 3.63) is 59.7 Å². The van der Waals surface area contributed by atoms with Crippen LogP contribution < -0.4 is 15.4 Å². The number of rotatable bonds is 5. The summed E-state index contributed by atoms with van der Waals surface area (Å²) in [6.07, 6.45) is 1.98. The SMILES string of the molecule is COc1ccc(C2(CNC(=O)Nc3ccc(F)c(F)c3)CC2)cc1. The molecule has 0 atom stereocenters. The average Bonchev–Trinajstić information content (AvgIpc) is 3.38. The zero-order valence-electron chi connectivity index (χ0n) is 13.2. The van der Waals surface area contributed by atoms with Gasteiger partial charge in [0.1, 0.15) is 5.75 Å². The van der Waals surface area contributed by atoms with Crippen LogP contribution in [0, 0.1) is 11.6 Å². The maximum absolute atomic E-state index is 13.1. The number of carbonyl (C=O) groups excluding carboxylic acids is 1. The number of nitrogens with one attached hydrogen (secondary N) is 2. The normalized spacial score (nSPS) is 14.8. The van der Waals surface area contributed by atoms with Gasteiger partial charge in [0.05, 0.1) is 7.11 Å². The van der Waals surface area contributed by atoms with Gasteiger partial charge in [-0.15, -0.1) is 0 Å². The second-order valence-electron chi connectivity index (χ2n) is 5.95. The van der Waals surface area contributed by atoms with E-state index in [0.717, 1.165) is 36.3 Å². The van der Waals surface area contributed by atoms with E-state index in [9.17, 15) is 13.6 Å². The van der Waals surface area contributed by atoms with Crippen LogP contribution in [0.25, 0.3) is 0 Å². The molecule has 1 aliphatic rings. The Morgan fingerprint density at radius 1 is 1.12 bits per heavy atom. The molecular weight excluding hydrogens is 314 g/mol. The molecule has 6 heteroatoms. The fourth-order valence-electron chi connectivity index (χ4n) is 2.66. The van der Waals surface area contributed by atoms with Gasteiger partial charge >= 0.3 is 6.03 Å². The lowest BCUT2D eigenvalue weighted by Gasteiger charge is -2.17. The van der Waals surface area contributed by atoms with Crippen molar-refractivity contribution in [3.8, 4) is 5.75 Å². The first-order chi connectivity index (χ1) is 11.5. The number of urea groups is 1. The predicted octanol–water partition coefficient (Wildman–Crippen LogP) is 3.83. The Bertz CT molecular complexity index is 743. The fraction of sp³-hybridized carbons (Fsp3) is 0.278. The largest absolute Gasteiger partial charge is 0.497 e. The number of benzene rings is 2. The molecule has 0 aliphatic heterocycles. The number of halogens is 2. The second kappa shape index (κ2) is 6.47. The van der Waals surface area contributed by atoms with E-state index in [1.165, 1.54) is 6.07 Å². The lowest BCUT2D eigenvalue weighted by atomic mass is 9.96. The van der Waals surface area contributed by atoms with Crippen molar-refractivity contribution in [2.24, 2.45) is 0 Å². The first kappa shape index (κ1) is 16.2. The molecule has 1 aliphatic carbocycles. The lowest BCUT2D eigenvalue weighted by Crippen LogP contribution is -2.35. The summed E-state index contributed by atoms with van der Waals surface area (Å²) in [5.74, 6) is -1.15. The summed E-state index contributed by atoms with van der Waals surface area (Å²) in [7, 11) is 1.62. The summed E-state index contributed by atoms with van der Waals surface area (Å²) in [4.78, 5) is 12.0. The van der Waals surface area contributed by atoms with Crippen molar-refractivity contribution in [1.82, 2.24) is 5.32 Å². The Morgan fingerprint density at radius 2 is 1.83 bits per heavy atom. The quantitative estimate of drug-likeness (QED) is 0.874. The summed E-state index contributed by atoms with van der Waals surface area (Å²) >= 11 is 0. The van der Waals surface area contributed by atoms with E-state index in [1.54, 1.807) is 7.11 Å². The number of carbonyl (C=O) groups is 1. The van der Waals surface area contributed by atoms with E-state index in [2.05, 4.69) is 10.6 Å². The van der Waals surface area contributed by atoms with Crippen LogP contribution in [0.15, 0.2) is 42.5 Å². The Morgan fingerprint density at radius 3 is 2.42 bits per heavy atom. The Balaban J connectivity index is 1.58. The van der Waals surface area contributed by atoms with Crippen LogP contribution in [0.4, 0.5) is 19.3 Å². The molecule has 4 nitrogen and oxygen atoms in total. The predicted molar refractivity (Wildman–Crippen MR) is 87.3 cm³/mol. The van der Waals surface area contributed by atoms with Gasteiger partial charge in [0, 0.05) is 23.7 Å². The van der Waals surface area contributed by atoms with E-state index in [1.807, 2.05) is 24.3 Å². The highest BCUT2D eigenvalue weighted by Gasteiger charge is 2.44. The van der Waals surface area contributed by atoms with Gasteiger partial charge in [-0.25, -0.2) is 13.6 Å². The Kier molecular flexibility index (Phi) is 4.38. The van der Waals surface area contributed by atoms with Crippen molar-refractivity contribution >= 4 is 11.7 Å². The minimum atomic E-state index is -0.996. The molecule has 1 fully saturated rings. The molecule has 0 unspecified atom stereocenters. The van der Waals surface area contributed by atoms with Gasteiger partial charge in [0.25, 0.3) is 0 Å². The highest BCUT2D eigenvalue weighted by atomic mass is 19.2. The molecule has 3 rings (SSSR count). The smallest absolute Gasteiger partial charge is 0.319 e. The maximum Gasteiger partial charge on any atom is 0.319 e. The Labute approximate surface area is 138 Å². The fourth-order valence-corrected chi connectivity index (χ4v) is 2.66. The molecule has 2 N–H and O–H groups in total. The summed E-state index contributed by atoms with van der Waals surface area (Å²) in [5, 5.41) is 5.30. The molecule has 24 heavy (non-hydrogen) atoms. The van der Waals surface area contributed by atoms with Crippen molar-refractivity contribution in [1.29, 1.82) is 0 Å². The van der Waals surface area contributed by atoms with Crippen molar-refractivity contribution in [2.75, 3.05) is 19.0 Å². The van der Waals surface area contributed by atoms with Crippen LogP contribution in [0.5, 0.6) is 5.75 Å². The molecule has 0 saturated heterocycles. The zero-order valence-corrected chi connectivity index (χ0v) is 13.2. The molecule has 1 saturated carbocycles. The van der Waals surface area contributed by atoms with Gasteiger partial charge in [0.15, 0.2) is 11.6 Å². The third-order valence-electron chi connectivity index (χ3n) is 4.32. The topological polar surface area (TPSA) is 50.4 Å². The Hall–Kier alpha value is -2.63. The first-order valence-electron chi connectivity index (χ1n) is 7.67. The number of amides is 2. The summed E-state index contributed by atoms with van der Waals surface area (Å²) in [6.45, 7) is 0.481. The highest BCUT2D eigenvalue weighted by Crippen LogP contribution is 2.47. The number of methoxy groups -OCH3 is 1. The molecule has 2 amide bonds. The molecule has 0 spiro atoms. The van der Waals surface area contributed by atoms with Gasteiger partial charge in [-0.1, -0.05) is 12.1 Å². The standard InChI is InChI=1S/C18H18F2N2O2/c1-24-14-5-2-12(3-6-14)18(8-9-18)11-21-17(23)22-13-4-7-15(19)16(20)10-13/h2-7,10H,8-9,11H2,1H3,(H2,21,22,23). The van der Waals surface area contributed by atoms with Gasteiger partial charge in [-0.2, -0.15) is 0 Å². The van der Waals surface area contributed by atoms with E-state index < -0.39 is 17.7 Å². The van der Waals surface area contributed by atoms with Crippen LogP contribution in [0.2, 0.25) is 0 Å². The monoisotopic (exact) mass is 332 g/mol. The van der Waals surface area contributed by atoms with Crippen molar-refractivity contribution < 1.29 is 18.3 Å². The number of hydrogen-bond donors (Lipinski definition) is 2. The van der Waals surface area contributed by atoms with Crippen molar-refractivity contribution in [2.45, 2.75) is 18.3 Å². The van der Waals surface area contributed by atoms with Crippen molar-refractivity contribution in [3.63, 3.8) is 0 Å². The van der Waals surface area contributed by atoms with Crippen LogP contribution in [-0.2, 0) is 5.41 Å². The van der Waals surface area contributed by atoms with E-state index in [0.29, 0.717) is 6.54 Å². The maximum atomic E-state index is 13.1. The average molecular weight is 332 g/mol. The van der Waals surface area contributed by atoms with Crippen LogP contribution in [-0.4, -0.2) is 19.7 Å². The molecule has 2 aromatic carbocycles. The van der Waals surface area contributed by atoms with Crippen LogP contribution >= 0.6 is 0 Å². The highest BCUT2D eigenvalue weighted by molar-refractivity contribution is 5.89. The summed E-state index contributed by atoms with van der Waals surface area (Å²) < 4.78 is 31.2. The first-order valence-corrected chi connectivity index (χ1v) is 7.67. The minimum absolute atomic E-state index is 0.0579. The lowest BCUT2D eigenvalue weighted by molar-refractivity contribution is 0.251. The molecule has 2 aromatic rings. The van der Waals surface area contributed by atoms with Crippen LogP contribution in [0.1, 0.15) is 18.4 Å². The number of ether oxygens (including phenoxy) is 1. The van der Waals surface area contributed by atoms with Gasteiger partial charge < -0.3 is 15.4 Å². The van der Waals surface area contributed by atoms with E-state index in [4.69, 9.17) is 4.74 Å². The van der Waals surface area contributed by atoms with Gasteiger partial charge in [-0.3, -0.25) is 0 Å². The summed E-state index contributed by atoms with van der Waals surface area (Å²) in [6, 6.07) is 10.6. The second-order valence-corrected chi connectivity index (χ2v) is 5.95. The molecule has 0 radical (unpaired) electrons. The molecule has 0 bridgehead atoms. The zero-order chi connectivity index (χ0) is 17.2. The summed E-state index contributed by atoms with van der Waals surface area (Å²) in [5.41, 5.74) is 1.30. The van der Waals surface area contributed by atoms with Gasteiger partial charge in [-0.05, 0) is 42.7 Å². The molecule has 126 valence electrons. The molecule has 0 heterocycles. The van der Waals surface area contributed by atoms with E-state index >= 15 is 0 Å². The van der Waals surface area contributed by atoms with Gasteiger partial charge in [0.2, 0.25) is 0 Å². The number of hydrogen-bond acceptors (Lipinski definition) is 2. The molecule has 0 aromatic heterocycles. The third-order valence-corrected chi connectivity index (χ3v) is 4.32. The number of anilines is 1. The molecular formula is C18H18F2N2O2. The van der Waals surface area contributed by atoms with E-state index in [-0.39, 0.29) is 11.1 Å². The third kappa shape index (κ3) is 3.48.